The number of ether oxygens (including phenoxy) is 1. The Morgan fingerprint density at radius 1 is 0.250 bits per heavy atom. The van der Waals surface area contributed by atoms with E-state index in [-0.39, 0.29) is 13.4 Å². The van der Waals surface area contributed by atoms with E-state index in [9.17, 15) is 0 Å². The minimum atomic E-state index is -0.308. The van der Waals surface area contributed by atoms with Gasteiger partial charge in [0.25, 0.3) is 13.4 Å². The second-order valence-electron chi connectivity index (χ2n) is 23.9. The molecule has 6 nitrogen and oxygen atoms in total. The summed E-state index contributed by atoms with van der Waals surface area (Å²) in [5.74, 6) is 1.63. The first-order valence-corrected chi connectivity index (χ1v) is 31.7. The Balaban J connectivity index is 1.02. The molecule has 8 heteroatoms. The number of nitrogens with zero attached hydrogens (tertiary/aromatic N) is 5. The molecule has 0 saturated carbocycles. The molecular formula is C84H57B2N5O. The zero-order valence-electron chi connectivity index (χ0n) is 50.2. The van der Waals surface area contributed by atoms with E-state index in [1.807, 2.05) is 0 Å². The third-order valence-corrected chi connectivity index (χ3v) is 18.8. The summed E-state index contributed by atoms with van der Waals surface area (Å²) in [6.45, 7) is -0.601. The molecule has 0 radical (unpaired) electrons. The average molecular weight is 1170 g/mol. The van der Waals surface area contributed by atoms with Crippen LogP contribution < -0.4 is 62.0 Å². The highest BCUT2D eigenvalue weighted by molar-refractivity contribution is 7.04. The molecule has 92 heavy (non-hydrogen) atoms. The molecule has 0 aliphatic carbocycles. The van der Waals surface area contributed by atoms with Crippen LogP contribution in [0.1, 0.15) is 0 Å². The van der Waals surface area contributed by atoms with Crippen molar-refractivity contribution in [2.75, 3.05) is 24.5 Å². The second-order valence-corrected chi connectivity index (χ2v) is 23.9. The first-order chi connectivity index (χ1) is 45.7. The van der Waals surface area contributed by atoms with Crippen LogP contribution in [-0.4, -0.2) is 13.4 Å². The normalized spacial score (nSPS) is 12.8. The van der Waals surface area contributed by atoms with Gasteiger partial charge in [0.1, 0.15) is 11.5 Å². The molecule has 4 heterocycles. The van der Waals surface area contributed by atoms with Gasteiger partial charge in [-0.2, -0.15) is 0 Å². The zero-order chi connectivity index (χ0) is 60.6. The predicted molar refractivity (Wildman–Crippen MR) is 387 cm³/mol. The molecule has 0 N–H and O–H groups in total. The fraction of sp³-hybridized carbons (Fsp3) is 0. The topological polar surface area (TPSA) is 25.4 Å². The summed E-state index contributed by atoms with van der Waals surface area (Å²) in [5, 5.41) is 0. The molecule has 14 aromatic rings. The Labute approximate surface area is 537 Å². The lowest BCUT2D eigenvalue weighted by atomic mass is 9.29. The van der Waals surface area contributed by atoms with Crippen LogP contribution in [-0.2, 0) is 0 Å². The van der Waals surface area contributed by atoms with Crippen LogP contribution in [0.5, 0.6) is 11.5 Å². The monoisotopic (exact) mass is 1170 g/mol. The molecule has 0 bridgehead atoms. The van der Waals surface area contributed by atoms with E-state index in [0.717, 1.165) is 130 Å². The molecule has 4 aliphatic rings. The Morgan fingerprint density at radius 3 is 1.01 bits per heavy atom. The molecule has 4 aliphatic heterocycles. The maximum absolute atomic E-state index is 8.30. The van der Waals surface area contributed by atoms with Crippen LogP contribution in [0.15, 0.2) is 346 Å². The quantitative estimate of drug-likeness (QED) is 0.120. The highest BCUT2D eigenvalue weighted by Gasteiger charge is 2.52. The fourth-order valence-electron chi connectivity index (χ4n) is 15.2. The number of hydrogen-bond acceptors (Lipinski definition) is 6. The first-order valence-electron chi connectivity index (χ1n) is 31.7. The molecule has 18 rings (SSSR count). The minimum Gasteiger partial charge on any atom is -0.458 e. The number of benzene rings is 14. The van der Waals surface area contributed by atoms with E-state index in [1.165, 1.54) is 21.9 Å². The first kappa shape index (κ1) is 53.1. The van der Waals surface area contributed by atoms with Crippen molar-refractivity contribution >= 4 is 132 Å². The van der Waals surface area contributed by atoms with Crippen LogP contribution >= 0.6 is 0 Å². The van der Waals surface area contributed by atoms with Gasteiger partial charge in [0.15, 0.2) is 0 Å². The van der Waals surface area contributed by atoms with Crippen molar-refractivity contribution in [2.24, 2.45) is 0 Å². The van der Waals surface area contributed by atoms with E-state index in [2.05, 4.69) is 370 Å². The predicted octanol–water partition coefficient (Wildman–Crippen LogP) is 18.4. The summed E-state index contributed by atoms with van der Waals surface area (Å²) in [6, 6.07) is 126. The summed E-state index contributed by atoms with van der Waals surface area (Å²) in [7, 11) is 0. The van der Waals surface area contributed by atoms with E-state index in [4.69, 9.17) is 4.74 Å². The molecule has 0 fully saturated rings. The van der Waals surface area contributed by atoms with Crippen LogP contribution in [0, 0.1) is 0 Å². The van der Waals surface area contributed by atoms with Crippen LogP contribution in [0.2, 0.25) is 0 Å². The summed E-state index contributed by atoms with van der Waals surface area (Å²) in [4.78, 5) is 12.4. The smallest absolute Gasteiger partial charge is 0.257 e. The summed E-state index contributed by atoms with van der Waals surface area (Å²) in [6.07, 6.45) is 0. The zero-order valence-corrected chi connectivity index (χ0v) is 50.2. The van der Waals surface area contributed by atoms with E-state index in [0.29, 0.717) is 0 Å². The van der Waals surface area contributed by atoms with Crippen molar-refractivity contribution < 1.29 is 4.74 Å². The minimum absolute atomic E-state index is 0.293. The molecule has 14 aromatic carbocycles. The SMILES string of the molecule is c1ccc(-c2c3c(c(-c4ccccc4)c4c2B2c5ccccc5N(c5ccccc5)c5cc(N(c6ccccc6)c6ccccc6)cc(c52)N4c2ccccc2)Oc2cc(N(c4ccccc4)c4ccccc4)cc4c2B3c2ccccc2N4c2ccccc2)cc1. The number of anilines is 15. The Hall–Kier alpha value is -12.0. The van der Waals surface area contributed by atoms with Crippen LogP contribution in [0.3, 0.4) is 0 Å². The highest BCUT2D eigenvalue weighted by atomic mass is 16.5. The highest BCUT2D eigenvalue weighted by Crippen LogP contribution is 2.55. The molecule has 0 unspecified atom stereocenters. The van der Waals surface area contributed by atoms with Crippen LogP contribution in [0.4, 0.5) is 85.3 Å². The van der Waals surface area contributed by atoms with Crippen molar-refractivity contribution in [2.45, 2.75) is 0 Å². The Morgan fingerprint density at radius 2 is 0.576 bits per heavy atom. The third-order valence-electron chi connectivity index (χ3n) is 18.8. The molecular weight excluding hydrogens is 1120 g/mol. The summed E-state index contributed by atoms with van der Waals surface area (Å²) < 4.78 is 8.30. The summed E-state index contributed by atoms with van der Waals surface area (Å²) >= 11 is 0. The Kier molecular flexibility index (Phi) is 12.7. The van der Waals surface area contributed by atoms with Gasteiger partial charge in [-0.15, -0.1) is 0 Å². The van der Waals surface area contributed by atoms with Gasteiger partial charge in [0.2, 0.25) is 0 Å². The molecule has 0 aromatic heterocycles. The van der Waals surface area contributed by atoms with Crippen LogP contribution in [0.25, 0.3) is 22.3 Å². The van der Waals surface area contributed by atoms with Crippen molar-refractivity contribution in [3.05, 3.63) is 346 Å². The standard InChI is InChI=1S/C84H57B2N5O/c1-10-32-58(33-11-1)77-81-83(91(66-48-26-9-27-49-66)74-55-67(87(60-36-14-3-15-37-60)61-38-16-4-17-39-61)54-73-79(74)85(81)69-50-28-30-52-71(69)89(73)64-44-22-7-23-45-64)78(59-34-12-2-13-35-59)84-82(77)86-70-51-29-31-53-72(70)90(65-46-24-8-25-47-65)75-56-68(57-76(92-84)80(75)86)88(62-40-18-5-19-41-62)63-42-20-6-21-43-63/h1-57H. The van der Waals surface area contributed by atoms with E-state index >= 15 is 0 Å². The number of hydrogen-bond donors (Lipinski definition) is 0. The number of para-hydroxylation sites is 9. The van der Waals surface area contributed by atoms with Gasteiger partial charge in [-0.3, -0.25) is 0 Å². The lowest BCUT2D eigenvalue weighted by Crippen LogP contribution is -2.65. The molecule has 0 atom stereocenters. The number of rotatable bonds is 11. The van der Waals surface area contributed by atoms with Gasteiger partial charge in [0.05, 0.1) is 17.1 Å². The lowest BCUT2D eigenvalue weighted by Gasteiger charge is -2.48. The van der Waals surface area contributed by atoms with Crippen molar-refractivity contribution in [1.82, 2.24) is 0 Å². The van der Waals surface area contributed by atoms with Gasteiger partial charge in [-0.1, -0.05) is 224 Å². The lowest BCUT2D eigenvalue weighted by molar-refractivity contribution is 0.490. The van der Waals surface area contributed by atoms with Gasteiger partial charge >= 0.3 is 0 Å². The van der Waals surface area contributed by atoms with E-state index in [1.54, 1.807) is 0 Å². The average Bonchev–Trinajstić information content (AvgIpc) is 0.674. The maximum Gasteiger partial charge on any atom is 0.257 e. The fourth-order valence-corrected chi connectivity index (χ4v) is 15.2. The molecule has 0 amide bonds. The molecule has 430 valence electrons. The maximum atomic E-state index is 8.30. The van der Waals surface area contributed by atoms with Gasteiger partial charge in [-0.05, 0) is 165 Å². The van der Waals surface area contributed by atoms with Crippen molar-refractivity contribution in [3.8, 4) is 33.8 Å². The van der Waals surface area contributed by atoms with Crippen molar-refractivity contribution in [1.29, 1.82) is 0 Å². The van der Waals surface area contributed by atoms with Gasteiger partial charge in [-0.25, -0.2) is 0 Å². The number of fused-ring (bicyclic) bond motifs is 8. The third kappa shape index (κ3) is 8.45. The van der Waals surface area contributed by atoms with E-state index < -0.39 is 0 Å². The molecule has 0 saturated heterocycles. The second kappa shape index (κ2) is 21.9. The Bertz CT molecular complexity index is 5010. The molecule has 0 spiro atoms. The van der Waals surface area contributed by atoms with Gasteiger partial charge < -0.3 is 29.2 Å². The van der Waals surface area contributed by atoms with Gasteiger partial charge in [0, 0.05) is 79.9 Å². The van der Waals surface area contributed by atoms with Crippen molar-refractivity contribution in [3.63, 3.8) is 0 Å². The largest absolute Gasteiger partial charge is 0.458 e. The summed E-state index contributed by atoms with van der Waals surface area (Å²) in [5.41, 5.74) is 27.4.